The average molecular weight is 312 g/mol. The van der Waals surface area contributed by atoms with E-state index in [1.807, 2.05) is 0 Å². The number of methoxy groups -OCH3 is 1. The number of oxazole rings is 1. The minimum atomic E-state index is -0.581. The third-order valence-corrected chi connectivity index (χ3v) is 3.10. The number of aromatic nitrogens is 1. The second-order valence-electron chi connectivity index (χ2n) is 4.57. The van der Waals surface area contributed by atoms with Crippen LogP contribution in [0.4, 0.5) is 11.7 Å². The van der Waals surface area contributed by atoms with Gasteiger partial charge < -0.3 is 14.3 Å². The predicted molar refractivity (Wildman–Crippen MR) is 80.4 cm³/mol. The van der Waals surface area contributed by atoms with Gasteiger partial charge in [-0.3, -0.25) is 10.1 Å². The molecule has 0 unspecified atom stereocenters. The van der Waals surface area contributed by atoms with Crippen molar-refractivity contribution in [3.8, 4) is 11.5 Å². The SMILES string of the molecule is COc1ccc2nc(N=Cc3cc([N+](=O)[O-])ccc3[O-])oc2c1. The highest BCUT2D eigenvalue weighted by Gasteiger charge is 2.07. The number of benzene rings is 2. The number of hydrogen-bond acceptors (Lipinski definition) is 7. The molecule has 0 radical (unpaired) electrons. The first kappa shape index (κ1) is 14.5. The molecule has 0 amide bonds. The van der Waals surface area contributed by atoms with Crippen molar-refractivity contribution in [1.82, 2.24) is 4.98 Å². The minimum absolute atomic E-state index is 0.0409. The molecule has 0 saturated carbocycles. The lowest BCUT2D eigenvalue weighted by Gasteiger charge is -2.07. The lowest BCUT2D eigenvalue weighted by Crippen LogP contribution is -1.98. The number of hydrogen-bond donors (Lipinski definition) is 0. The van der Waals surface area contributed by atoms with Gasteiger partial charge in [0.15, 0.2) is 5.58 Å². The summed E-state index contributed by atoms with van der Waals surface area (Å²) >= 11 is 0. The third kappa shape index (κ3) is 2.95. The standard InChI is InChI=1S/C15H11N3O5/c1-22-11-3-4-12-14(7-11)23-15(17-12)16-8-9-6-10(18(20)21)2-5-13(9)19/h2-8,19H,1H3/p-1. The Labute approximate surface area is 129 Å². The molecule has 116 valence electrons. The molecule has 0 aliphatic carbocycles. The van der Waals surface area contributed by atoms with E-state index < -0.39 is 4.92 Å². The molecule has 0 atom stereocenters. The Morgan fingerprint density at radius 2 is 2.13 bits per heavy atom. The van der Waals surface area contributed by atoms with Gasteiger partial charge >= 0.3 is 6.01 Å². The van der Waals surface area contributed by atoms with Crippen molar-refractivity contribution in [3.05, 3.63) is 52.1 Å². The Balaban J connectivity index is 1.93. The van der Waals surface area contributed by atoms with Gasteiger partial charge in [-0.2, -0.15) is 4.98 Å². The molecule has 0 spiro atoms. The molecule has 0 aliphatic rings. The number of fused-ring (bicyclic) bond motifs is 1. The molecular formula is C15H10N3O5-. The van der Waals surface area contributed by atoms with Gasteiger partial charge in [0.1, 0.15) is 11.3 Å². The van der Waals surface area contributed by atoms with Crippen molar-refractivity contribution >= 4 is 29.0 Å². The summed E-state index contributed by atoms with van der Waals surface area (Å²) in [7, 11) is 1.54. The molecule has 0 N–H and O–H groups in total. The van der Waals surface area contributed by atoms with Gasteiger partial charge in [-0.1, -0.05) is 11.8 Å². The van der Waals surface area contributed by atoms with Crippen LogP contribution >= 0.6 is 0 Å². The average Bonchev–Trinajstić information content (AvgIpc) is 2.95. The first-order valence-corrected chi connectivity index (χ1v) is 6.51. The van der Waals surface area contributed by atoms with Crippen LogP contribution in [0, 0.1) is 10.1 Å². The van der Waals surface area contributed by atoms with E-state index in [2.05, 4.69) is 9.98 Å². The van der Waals surface area contributed by atoms with E-state index in [1.54, 1.807) is 18.2 Å². The van der Waals surface area contributed by atoms with E-state index >= 15 is 0 Å². The number of non-ortho nitro benzene ring substituents is 1. The highest BCUT2D eigenvalue weighted by molar-refractivity contribution is 5.86. The molecule has 0 bridgehead atoms. The fraction of sp³-hybridized carbons (Fsp3) is 0.0667. The third-order valence-electron chi connectivity index (χ3n) is 3.10. The molecule has 1 heterocycles. The number of rotatable bonds is 4. The van der Waals surface area contributed by atoms with Crippen LogP contribution in [-0.4, -0.2) is 23.2 Å². The lowest BCUT2D eigenvalue weighted by molar-refractivity contribution is -0.385. The summed E-state index contributed by atoms with van der Waals surface area (Å²) in [5.74, 6) is 0.238. The molecule has 3 rings (SSSR count). The molecule has 23 heavy (non-hydrogen) atoms. The van der Waals surface area contributed by atoms with Gasteiger partial charge in [0, 0.05) is 24.4 Å². The molecule has 0 saturated heterocycles. The first-order valence-electron chi connectivity index (χ1n) is 6.51. The van der Waals surface area contributed by atoms with Gasteiger partial charge in [-0.05, 0) is 17.7 Å². The van der Waals surface area contributed by atoms with Crippen LogP contribution < -0.4 is 9.84 Å². The summed E-state index contributed by atoms with van der Waals surface area (Å²) in [6.45, 7) is 0. The fourth-order valence-electron chi connectivity index (χ4n) is 1.95. The highest BCUT2D eigenvalue weighted by atomic mass is 16.6. The van der Waals surface area contributed by atoms with Gasteiger partial charge in [0.2, 0.25) is 0 Å². The van der Waals surface area contributed by atoms with E-state index in [4.69, 9.17) is 9.15 Å². The van der Waals surface area contributed by atoms with Crippen LogP contribution in [0.2, 0.25) is 0 Å². The molecule has 8 heteroatoms. The maximum atomic E-state index is 11.7. The van der Waals surface area contributed by atoms with Crippen LogP contribution in [0.5, 0.6) is 11.5 Å². The summed E-state index contributed by atoms with van der Waals surface area (Å²) in [6.07, 6.45) is 1.19. The van der Waals surface area contributed by atoms with Crippen LogP contribution in [0.1, 0.15) is 5.56 Å². The summed E-state index contributed by atoms with van der Waals surface area (Å²) in [5.41, 5.74) is 0.963. The van der Waals surface area contributed by atoms with Crippen LogP contribution in [0.15, 0.2) is 45.8 Å². The Morgan fingerprint density at radius 1 is 1.30 bits per heavy atom. The lowest BCUT2D eigenvalue weighted by atomic mass is 10.2. The van der Waals surface area contributed by atoms with Crippen LogP contribution in [0.3, 0.4) is 0 Å². The van der Waals surface area contributed by atoms with Crippen molar-refractivity contribution < 1.29 is 19.2 Å². The zero-order chi connectivity index (χ0) is 16.4. The molecule has 1 aromatic heterocycles. The zero-order valence-electron chi connectivity index (χ0n) is 11.9. The Kier molecular flexibility index (Phi) is 3.63. The number of nitrogens with zero attached hydrogens (tertiary/aromatic N) is 3. The number of nitro benzene ring substituents is 1. The van der Waals surface area contributed by atoms with Gasteiger partial charge in [-0.15, -0.1) is 0 Å². The Bertz CT molecular complexity index is 917. The fourth-order valence-corrected chi connectivity index (χ4v) is 1.95. The van der Waals surface area contributed by atoms with Crippen molar-refractivity contribution in [3.63, 3.8) is 0 Å². The summed E-state index contributed by atoms with van der Waals surface area (Å²) < 4.78 is 10.5. The van der Waals surface area contributed by atoms with Crippen LogP contribution in [-0.2, 0) is 0 Å². The zero-order valence-corrected chi connectivity index (χ0v) is 11.9. The summed E-state index contributed by atoms with van der Waals surface area (Å²) in [6, 6.07) is 8.56. The Morgan fingerprint density at radius 3 is 2.87 bits per heavy atom. The maximum Gasteiger partial charge on any atom is 0.322 e. The number of nitro groups is 1. The smallest absolute Gasteiger partial charge is 0.322 e. The normalized spacial score (nSPS) is 11.2. The molecule has 2 aromatic carbocycles. The summed E-state index contributed by atoms with van der Waals surface area (Å²) in [4.78, 5) is 18.3. The monoisotopic (exact) mass is 312 g/mol. The topological polar surface area (TPSA) is 114 Å². The van der Waals surface area contributed by atoms with Crippen molar-refractivity contribution in [2.45, 2.75) is 0 Å². The molecule has 0 fully saturated rings. The molecule has 0 aliphatic heterocycles. The van der Waals surface area contributed by atoms with Crippen molar-refractivity contribution in [1.29, 1.82) is 0 Å². The summed E-state index contributed by atoms with van der Waals surface area (Å²) in [5, 5.41) is 22.4. The van der Waals surface area contributed by atoms with Crippen molar-refractivity contribution in [2.75, 3.05) is 7.11 Å². The van der Waals surface area contributed by atoms with E-state index in [1.165, 1.54) is 13.3 Å². The van der Waals surface area contributed by atoms with Gasteiger partial charge in [-0.25, -0.2) is 4.99 Å². The highest BCUT2D eigenvalue weighted by Crippen LogP contribution is 2.25. The molecule has 8 nitrogen and oxygen atoms in total. The predicted octanol–water partition coefficient (Wildman–Crippen LogP) is 2.57. The molecular weight excluding hydrogens is 302 g/mol. The largest absolute Gasteiger partial charge is 0.872 e. The van der Waals surface area contributed by atoms with E-state index in [-0.39, 0.29) is 23.0 Å². The van der Waals surface area contributed by atoms with E-state index in [0.717, 1.165) is 18.2 Å². The Hall–Kier alpha value is -3.42. The van der Waals surface area contributed by atoms with Crippen molar-refractivity contribution in [2.24, 2.45) is 4.99 Å². The van der Waals surface area contributed by atoms with Crippen LogP contribution in [0.25, 0.3) is 11.1 Å². The second kappa shape index (κ2) is 5.76. The second-order valence-corrected chi connectivity index (χ2v) is 4.57. The first-order chi connectivity index (χ1) is 11.1. The quantitative estimate of drug-likeness (QED) is 0.415. The number of ether oxygens (including phenoxy) is 1. The minimum Gasteiger partial charge on any atom is -0.872 e. The van der Waals surface area contributed by atoms with Gasteiger partial charge in [0.25, 0.3) is 5.69 Å². The number of aliphatic imine (C=N–C) groups is 1. The molecule has 3 aromatic rings. The maximum absolute atomic E-state index is 11.7. The van der Waals surface area contributed by atoms with E-state index in [9.17, 15) is 15.2 Å². The van der Waals surface area contributed by atoms with E-state index in [0.29, 0.717) is 16.8 Å². The van der Waals surface area contributed by atoms with Gasteiger partial charge in [0.05, 0.1) is 12.0 Å².